The molecular weight excluding hydrogens is 238 g/mol. The number of nitrogens with zero attached hydrogens (tertiary/aromatic N) is 4. The lowest BCUT2D eigenvalue weighted by atomic mass is 10.1. The van der Waals surface area contributed by atoms with Gasteiger partial charge in [-0.1, -0.05) is 0 Å². The fraction of sp³-hybridized carbons (Fsp3) is 0.786. The van der Waals surface area contributed by atoms with Gasteiger partial charge in [-0.15, -0.1) is 0 Å². The van der Waals surface area contributed by atoms with Gasteiger partial charge in [-0.25, -0.2) is 0 Å². The van der Waals surface area contributed by atoms with E-state index in [0.717, 1.165) is 31.9 Å². The van der Waals surface area contributed by atoms with Gasteiger partial charge in [-0.3, -0.25) is 14.5 Å². The second-order valence-electron chi connectivity index (χ2n) is 5.76. The molecule has 1 aliphatic rings. The summed E-state index contributed by atoms with van der Waals surface area (Å²) in [6.45, 7) is 11.7. The first-order valence-corrected chi connectivity index (χ1v) is 7.21. The normalized spacial score (nSPS) is 20.1. The molecular formula is C14H27N5. The zero-order chi connectivity index (χ0) is 14.0. The molecule has 1 aromatic heterocycles. The number of hydrogen-bond acceptors (Lipinski definition) is 4. The second kappa shape index (κ2) is 6.03. The standard InChI is InChI=1S/C14H27N5/c1-11(2)18-5-7-19(8-6-18)14(9-15)13-10-17(4)16-12(13)3/h10-11,14H,5-9,15H2,1-4H3. The van der Waals surface area contributed by atoms with Gasteiger partial charge in [0.1, 0.15) is 0 Å². The Hall–Kier alpha value is -0.910. The number of rotatable bonds is 4. The molecule has 0 saturated carbocycles. The molecule has 0 spiro atoms. The van der Waals surface area contributed by atoms with E-state index in [1.54, 1.807) is 0 Å². The fourth-order valence-electron chi connectivity index (χ4n) is 2.98. The molecule has 19 heavy (non-hydrogen) atoms. The fourth-order valence-corrected chi connectivity index (χ4v) is 2.98. The maximum Gasteiger partial charge on any atom is 0.0641 e. The molecule has 2 heterocycles. The summed E-state index contributed by atoms with van der Waals surface area (Å²) in [6.07, 6.45) is 2.11. The predicted molar refractivity (Wildman–Crippen MR) is 78.0 cm³/mol. The van der Waals surface area contributed by atoms with Gasteiger partial charge in [-0.2, -0.15) is 5.10 Å². The number of aryl methyl sites for hydroxylation is 2. The molecule has 108 valence electrons. The van der Waals surface area contributed by atoms with E-state index in [0.29, 0.717) is 18.6 Å². The SMILES string of the molecule is Cc1nn(C)cc1C(CN)N1CCN(C(C)C)CC1. The first-order valence-electron chi connectivity index (χ1n) is 7.21. The van der Waals surface area contributed by atoms with E-state index in [1.165, 1.54) is 5.56 Å². The van der Waals surface area contributed by atoms with E-state index in [9.17, 15) is 0 Å². The second-order valence-corrected chi connectivity index (χ2v) is 5.76. The van der Waals surface area contributed by atoms with Gasteiger partial charge in [0.15, 0.2) is 0 Å². The largest absolute Gasteiger partial charge is 0.329 e. The highest BCUT2D eigenvalue weighted by Crippen LogP contribution is 2.23. The Bertz CT molecular complexity index is 404. The molecule has 1 aliphatic heterocycles. The van der Waals surface area contributed by atoms with Gasteiger partial charge in [0, 0.05) is 57.6 Å². The van der Waals surface area contributed by atoms with Gasteiger partial charge in [-0.05, 0) is 20.8 Å². The third-order valence-electron chi connectivity index (χ3n) is 4.15. The van der Waals surface area contributed by atoms with Crippen LogP contribution in [0, 0.1) is 6.92 Å². The third kappa shape index (κ3) is 3.16. The van der Waals surface area contributed by atoms with Gasteiger partial charge in [0.25, 0.3) is 0 Å². The number of piperazine rings is 1. The first kappa shape index (κ1) is 14.5. The van der Waals surface area contributed by atoms with Gasteiger partial charge in [0.2, 0.25) is 0 Å². The van der Waals surface area contributed by atoms with Crippen LogP contribution in [0.5, 0.6) is 0 Å². The molecule has 0 bridgehead atoms. The topological polar surface area (TPSA) is 50.3 Å². The summed E-state index contributed by atoms with van der Waals surface area (Å²) < 4.78 is 1.89. The van der Waals surface area contributed by atoms with E-state index in [2.05, 4.69) is 41.9 Å². The molecule has 0 amide bonds. The zero-order valence-electron chi connectivity index (χ0n) is 12.6. The molecule has 2 rings (SSSR count). The lowest BCUT2D eigenvalue weighted by Gasteiger charge is -2.40. The summed E-state index contributed by atoms with van der Waals surface area (Å²) in [5.41, 5.74) is 8.40. The highest BCUT2D eigenvalue weighted by atomic mass is 15.3. The van der Waals surface area contributed by atoms with Crippen molar-refractivity contribution < 1.29 is 0 Å². The first-order chi connectivity index (χ1) is 9.02. The molecule has 5 nitrogen and oxygen atoms in total. The van der Waals surface area contributed by atoms with Crippen LogP contribution >= 0.6 is 0 Å². The molecule has 1 atom stereocenters. The van der Waals surface area contributed by atoms with Crippen LogP contribution in [0.3, 0.4) is 0 Å². The van der Waals surface area contributed by atoms with Crippen LogP contribution in [-0.4, -0.2) is 58.3 Å². The smallest absolute Gasteiger partial charge is 0.0641 e. The Labute approximate surface area is 116 Å². The Morgan fingerprint density at radius 1 is 1.21 bits per heavy atom. The van der Waals surface area contributed by atoms with Crippen LogP contribution < -0.4 is 5.73 Å². The highest BCUT2D eigenvalue weighted by molar-refractivity contribution is 5.20. The minimum absolute atomic E-state index is 0.308. The number of hydrogen-bond donors (Lipinski definition) is 1. The number of nitrogens with two attached hydrogens (primary N) is 1. The average molecular weight is 265 g/mol. The Morgan fingerprint density at radius 3 is 2.21 bits per heavy atom. The predicted octanol–water partition coefficient (Wildman–Crippen LogP) is 0.754. The van der Waals surface area contributed by atoms with Crippen LogP contribution in [0.1, 0.15) is 31.1 Å². The summed E-state index contributed by atoms with van der Waals surface area (Å²) in [4.78, 5) is 5.03. The summed E-state index contributed by atoms with van der Waals surface area (Å²) in [5.74, 6) is 0. The van der Waals surface area contributed by atoms with Crippen LogP contribution in [0.2, 0.25) is 0 Å². The Morgan fingerprint density at radius 2 is 1.79 bits per heavy atom. The maximum atomic E-state index is 6.02. The van der Waals surface area contributed by atoms with E-state index in [1.807, 2.05) is 11.7 Å². The van der Waals surface area contributed by atoms with Crippen molar-refractivity contribution in [3.63, 3.8) is 0 Å². The van der Waals surface area contributed by atoms with Crippen molar-refractivity contribution in [1.82, 2.24) is 19.6 Å². The molecule has 2 N–H and O–H groups in total. The van der Waals surface area contributed by atoms with Crippen molar-refractivity contribution in [3.8, 4) is 0 Å². The molecule has 5 heteroatoms. The van der Waals surface area contributed by atoms with Crippen molar-refractivity contribution in [2.24, 2.45) is 12.8 Å². The average Bonchev–Trinajstić information content (AvgIpc) is 2.70. The molecule has 1 saturated heterocycles. The summed E-state index contributed by atoms with van der Waals surface area (Å²) >= 11 is 0. The van der Waals surface area contributed by atoms with Gasteiger partial charge >= 0.3 is 0 Å². The molecule has 1 unspecified atom stereocenters. The van der Waals surface area contributed by atoms with Crippen molar-refractivity contribution in [2.75, 3.05) is 32.7 Å². The number of aromatic nitrogens is 2. The molecule has 0 aromatic carbocycles. The molecule has 0 aliphatic carbocycles. The third-order valence-corrected chi connectivity index (χ3v) is 4.15. The Balaban J connectivity index is 2.06. The van der Waals surface area contributed by atoms with Crippen molar-refractivity contribution in [1.29, 1.82) is 0 Å². The van der Waals surface area contributed by atoms with Crippen molar-refractivity contribution in [3.05, 3.63) is 17.5 Å². The van der Waals surface area contributed by atoms with E-state index in [-0.39, 0.29) is 0 Å². The summed E-state index contributed by atoms with van der Waals surface area (Å²) in [6, 6.07) is 0.946. The van der Waals surface area contributed by atoms with Crippen LogP contribution in [0.4, 0.5) is 0 Å². The van der Waals surface area contributed by atoms with Crippen LogP contribution in [0.15, 0.2) is 6.20 Å². The summed E-state index contributed by atoms with van der Waals surface area (Å²) in [5, 5.41) is 4.44. The minimum atomic E-state index is 0.308. The lowest BCUT2D eigenvalue weighted by Crippen LogP contribution is -2.50. The van der Waals surface area contributed by atoms with E-state index < -0.39 is 0 Å². The molecule has 0 radical (unpaired) electrons. The summed E-state index contributed by atoms with van der Waals surface area (Å²) in [7, 11) is 1.97. The maximum absolute atomic E-state index is 6.02. The van der Waals surface area contributed by atoms with Crippen LogP contribution in [0.25, 0.3) is 0 Å². The van der Waals surface area contributed by atoms with Gasteiger partial charge < -0.3 is 5.73 Å². The van der Waals surface area contributed by atoms with Crippen molar-refractivity contribution >= 4 is 0 Å². The lowest BCUT2D eigenvalue weighted by molar-refractivity contribution is 0.0800. The van der Waals surface area contributed by atoms with Crippen molar-refractivity contribution in [2.45, 2.75) is 32.9 Å². The monoisotopic (exact) mass is 265 g/mol. The van der Waals surface area contributed by atoms with Crippen LogP contribution in [-0.2, 0) is 7.05 Å². The van der Waals surface area contributed by atoms with E-state index >= 15 is 0 Å². The van der Waals surface area contributed by atoms with E-state index in [4.69, 9.17) is 5.73 Å². The quantitative estimate of drug-likeness (QED) is 0.873. The Kier molecular flexibility index (Phi) is 4.60. The minimum Gasteiger partial charge on any atom is -0.329 e. The zero-order valence-corrected chi connectivity index (χ0v) is 12.6. The highest BCUT2D eigenvalue weighted by Gasteiger charge is 2.26. The van der Waals surface area contributed by atoms with Gasteiger partial charge in [0.05, 0.1) is 11.7 Å². The molecule has 1 fully saturated rings. The molecule has 1 aromatic rings.